The second-order valence-electron chi connectivity index (χ2n) is 6.35. The lowest BCUT2D eigenvalue weighted by atomic mass is 10.1. The first-order valence-electron chi connectivity index (χ1n) is 8.42. The second kappa shape index (κ2) is 7.40. The molecule has 0 aliphatic carbocycles. The molecule has 3 aromatic rings. The Balaban J connectivity index is 1.70. The van der Waals surface area contributed by atoms with Crippen LogP contribution in [0.25, 0.3) is 10.9 Å². The maximum atomic E-state index is 13.5. The molecule has 1 aromatic heterocycles. The van der Waals surface area contributed by atoms with E-state index in [-0.39, 0.29) is 23.2 Å². The summed E-state index contributed by atoms with van der Waals surface area (Å²) in [5.74, 6) is -0.490. The average Bonchev–Trinajstić information content (AvgIpc) is 2.90. The lowest BCUT2D eigenvalue weighted by Crippen LogP contribution is -2.37. The van der Waals surface area contributed by atoms with Crippen LogP contribution in [-0.2, 0) is 16.4 Å². The summed E-state index contributed by atoms with van der Waals surface area (Å²) in [6.45, 7) is 4.05. The fraction of sp³-hybridized carbons (Fsp3) is 0.211. The number of halogens is 1. The van der Waals surface area contributed by atoms with Gasteiger partial charge in [0.25, 0.3) is 10.0 Å². The Morgan fingerprint density at radius 2 is 1.89 bits per heavy atom. The summed E-state index contributed by atoms with van der Waals surface area (Å²) in [5.41, 5.74) is 9.39. The predicted molar refractivity (Wildman–Crippen MR) is 105 cm³/mol. The minimum Gasteiger partial charge on any atom is -0.369 e. The molecule has 3 rings (SSSR count). The molecule has 0 bridgehead atoms. The number of aryl methyl sites for hydroxylation is 2. The normalized spacial score (nSPS) is 12.5. The van der Waals surface area contributed by atoms with Gasteiger partial charge in [0.15, 0.2) is 0 Å². The standard InChI is InChI=1S/C19H21FN4O2S/c1-12-3-6-15(7-4-12)27(25,26)24-19(21)22-10-9-16-13(2)23-18-8-5-14(20)11-17(16)18/h3-8,11,23H,9-10H2,1-2H3,(H3,21,22,24). The molecule has 0 aliphatic heterocycles. The molecule has 142 valence electrons. The lowest BCUT2D eigenvalue weighted by molar-refractivity contribution is 0.592. The topological polar surface area (TPSA) is 100 Å². The minimum atomic E-state index is -3.77. The minimum absolute atomic E-state index is 0.120. The monoisotopic (exact) mass is 388 g/mol. The van der Waals surface area contributed by atoms with Crippen LogP contribution in [0, 0.1) is 19.7 Å². The van der Waals surface area contributed by atoms with Gasteiger partial charge < -0.3 is 10.7 Å². The molecule has 6 nitrogen and oxygen atoms in total. The molecule has 0 amide bonds. The summed E-state index contributed by atoms with van der Waals surface area (Å²) in [6, 6.07) is 11.0. The van der Waals surface area contributed by atoms with E-state index in [0.29, 0.717) is 6.42 Å². The van der Waals surface area contributed by atoms with Crippen molar-refractivity contribution in [3.05, 3.63) is 65.1 Å². The molecule has 0 radical (unpaired) electrons. The van der Waals surface area contributed by atoms with Crippen LogP contribution in [0.3, 0.4) is 0 Å². The lowest BCUT2D eigenvalue weighted by Gasteiger charge is -2.07. The Labute approximate surface area is 157 Å². The number of aromatic nitrogens is 1. The molecule has 1 heterocycles. The van der Waals surface area contributed by atoms with E-state index in [1.807, 2.05) is 13.8 Å². The number of nitrogens with one attached hydrogen (secondary N) is 2. The Morgan fingerprint density at radius 3 is 2.59 bits per heavy atom. The van der Waals surface area contributed by atoms with Gasteiger partial charge in [-0.15, -0.1) is 0 Å². The van der Waals surface area contributed by atoms with E-state index in [0.717, 1.165) is 27.7 Å². The van der Waals surface area contributed by atoms with Crippen molar-refractivity contribution in [1.29, 1.82) is 0 Å². The average molecular weight is 388 g/mol. The van der Waals surface area contributed by atoms with Crippen molar-refractivity contribution in [2.45, 2.75) is 25.2 Å². The highest BCUT2D eigenvalue weighted by atomic mass is 32.2. The summed E-state index contributed by atoms with van der Waals surface area (Å²) < 4.78 is 40.4. The molecule has 0 unspecified atom stereocenters. The van der Waals surface area contributed by atoms with E-state index in [2.05, 4.69) is 14.7 Å². The number of fused-ring (bicyclic) bond motifs is 1. The first kappa shape index (κ1) is 18.9. The zero-order valence-corrected chi connectivity index (χ0v) is 15.9. The zero-order valence-electron chi connectivity index (χ0n) is 15.1. The fourth-order valence-corrected chi connectivity index (χ4v) is 3.86. The molecule has 0 fully saturated rings. The van der Waals surface area contributed by atoms with Crippen LogP contribution in [-0.4, -0.2) is 25.9 Å². The van der Waals surface area contributed by atoms with Gasteiger partial charge >= 0.3 is 0 Å². The van der Waals surface area contributed by atoms with Gasteiger partial charge in [-0.2, -0.15) is 0 Å². The van der Waals surface area contributed by atoms with Crippen LogP contribution in [0.5, 0.6) is 0 Å². The highest BCUT2D eigenvalue weighted by Gasteiger charge is 2.15. The summed E-state index contributed by atoms with van der Waals surface area (Å²) >= 11 is 0. The highest BCUT2D eigenvalue weighted by molar-refractivity contribution is 7.90. The van der Waals surface area contributed by atoms with Crippen LogP contribution >= 0.6 is 0 Å². The molecule has 0 saturated carbocycles. The Morgan fingerprint density at radius 1 is 1.19 bits per heavy atom. The molecular formula is C19H21FN4O2S. The summed E-state index contributed by atoms with van der Waals surface area (Å²) in [7, 11) is -3.77. The number of H-pyrrole nitrogens is 1. The number of aromatic amines is 1. The van der Waals surface area contributed by atoms with Gasteiger partial charge in [0, 0.05) is 23.1 Å². The van der Waals surface area contributed by atoms with E-state index in [9.17, 15) is 12.8 Å². The van der Waals surface area contributed by atoms with Crippen molar-refractivity contribution < 1.29 is 12.8 Å². The van der Waals surface area contributed by atoms with E-state index < -0.39 is 10.0 Å². The number of nitrogens with zero attached hydrogens (tertiary/aromatic N) is 1. The van der Waals surface area contributed by atoms with Crippen molar-refractivity contribution >= 4 is 26.9 Å². The molecule has 27 heavy (non-hydrogen) atoms. The molecule has 0 atom stereocenters. The van der Waals surface area contributed by atoms with Gasteiger partial charge in [-0.1, -0.05) is 17.7 Å². The fourth-order valence-electron chi connectivity index (χ4n) is 2.91. The second-order valence-corrected chi connectivity index (χ2v) is 8.04. The van der Waals surface area contributed by atoms with E-state index in [1.54, 1.807) is 18.2 Å². The third-order valence-corrected chi connectivity index (χ3v) is 5.67. The summed E-state index contributed by atoms with van der Waals surface area (Å²) in [6.07, 6.45) is 0.502. The Hall–Kier alpha value is -2.87. The van der Waals surface area contributed by atoms with Crippen LogP contribution in [0.4, 0.5) is 4.39 Å². The molecule has 0 saturated heterocycles. The van der Waals surface area contributed by atoms with Crippen LogP contribution in [0.2, 0.25) is 0 Å². The SMILES string of the molecule is Cc1ccc(S(=O)(=O)NC(N)=NCCc2c(C)[nH]c3ccc(F)cc23)cc1. The highest BCUT2D eigenvalue weighted by Crippen LogP contribution is 2.23. The molecule has 0 spiro atoms. The summed E-state index contributed by atoms with van der Waals surface area (Å²) in [4.78, 5) is 7.41. The molecule has 8 heteroatoms. The van der Waals surface area contributed by atoms with Gasteiger partial charge in [-0.05, 0) is 56.2 Å². The van der Waals surface area contributed by atoms with Gasteiger partial charge in [-0.25, -0.2) is 17.5 Å². The number of nitrogens with two attached hydrogens (primary N) is 1. The van der Waals surface area contributed by atoms with Crippen molar-refractivity contribution in [1.82, 2.24) is 9.71 Å². The van der Waals surface area contributed by atoms with Crippen LogP contribution in [0.1, 0.15) is 16.8 Å². The predicted octanol–water partition coefficient (Wildman–Crippen LogP) is 2.76. The van der Waals surface area contributed by atoms with Crippen molar-refractivity contribution in [3.63, 3.8) is 0 Å². The first-order valence-corrected chi connectivity index (χ1v) is 9.91. The zero-order chi connectivity index (χ0) is 19.6. The maximum absolute atomic E-state index is 13.5. The van der Waals surface area contributed by atoms with Crippen molar-refractivity contribution in [2.75, 3.05) is 6.54 Å². The largest absolute Gasteiger partial charge is 0.369 e. The number of rotatable bonds is 5. The Kier molecular flexibility index (Phi) is 5.18. The smallest absolute Gasteiger partial charge is 0.264 e. The van der Waals surface area contributed by atoms with Gasteiger partial charge in [-0.3, -0.25) is 4.99 Å². The number of benzene rings is 2. The number of hydrogen-bond donors (Lipinski definition) is 3. The number of aliphatic imine (C=N–C) groups is 1. The van der Waals surface area contributed by atoms with Crippen molar-refractivity contribution in [2.24, 2.45) is 10.7 Å². The molecule has 2 aromatic carbocycles. The van der Waals surface area contributed by atoms with E-state index in [4.69, 9.17) is 5.73 Å². The van der Waals surface area contributed by atoms with Crippen LogP contribution in [0.15, 0.2) is 52.4 Å². The quantitative estimate of drug-likeness (QED) is 0.463. The maximum Gasteiger partial charge on any atom is 0.264 e. The third kappa shape index (κ3) is 4.28. The first-order chi connectivity index (χ1) is 12.8. The molecule has 4 N–H and O–H groups in total. The number of hydrogen-bond acceptors (Lipinski definition) is 3. The Bertz CT molecular complexity index is 1100. The van der Waals surface area contributed by atoms with Crippen molar-refractivity contribution in [3.8, 4) is 0 Å². The molecule has 0 aliphatic rings. The number of guanidine groups is 1. The van der Waals surface area contributed by atoms with Gasteiger partial charge in [0.2, 0.25) is 5.96 Å². The van der Waals surface area contributed by atoms with E-state index in [1.165, 1.54) is 24.3 Å². The van der Waals surface area contributed by atoms with E-state index >= 15 is 0 Å². The van der Waals surface area contributed by atoms with Crippen LogP contribution < -0.4 is 10.5 Å². The number of sulfonamides is 1. The van der Waals surface area contributed by atoms with Gasteiger partial charge in [0.1, 0.15) is 5.82 Å². The summed E-state index contributed by atoms with van der Waals surface area (Å²) in [5, 5.41) is 0.793. The van der Waals surface area contributed by atoms with Gasteiger partial charge in [0.05, 0.1) is 4.90 Å². The third-order valence-electron chi connectivity index (χ3n) is 4.30. The molecular weight excluding hydrogens is 367 g/mol.